The highest BCUT2D eigenvalue weighted by Crippen LogP contribution is 2.37. The van der Waals surface area contributed by atoms with E-state index >= 15 is 0 Å². The molecule has 0 aliphatic carbocycles. The molecular weight excluding hydrogens is 1340 g/mol. The van der Waals surface area contributed by atoms with Crippen molar-refractivity contribution < 1.29 is 9.47 Å². The number of unbranched alkanes of at least 4 members (excludes halogenated alkanes) is 1. The zero-order chi connectivity index (χ0) is 77.0. The second-order valence-electron chi connectivity index (χ2n) is 28.3. The minimum absolute atomic E-state index is 0.643. The summed E-state index contributed by atoms with van der Waals surface area (Å²) < 4.78 is 23.9. The molecule has 8 nitrogen and oxygen atoms in total. The van der Waals surface area contributed by atoms with Gasteiger partial charge in [0.1, 0.15) is 13.2 Å². The molecule has 0 aliphatic rings. The van der Waals surface area contributed by atoms with E-state index in [0.29, 0.717) is 13.2 Å². The molecule has 6 aromatic heterocycles. The Kier molecular flexibility index (Phi) is 23.8. The molecule has 0 amide bonds. The highest BCUT2D eigenvalue weighted by Gasteiger charge is 2.16. The molecule has 18 rings (SSSR count). The fourth-order valence-electron chi connectivity index (χ4n) is 15.8. The van der Waals surface area contributed by atoms with Crippen molar-refractivity contribution in [2.24, 2.45) is 0 Å². The summed E-state index contributed by atoms with van der Waals surface area (Å²) in [5.74, 6) is 0. The first-order chi connectivity index (χ1) is 53.8. The van der Waals surface area contributed by atoms with Gasteiger partial charge in [0.2, 0.25) is 0 Å². The second kappa shape index (κ2) is 34.6. The highest BCUT2D eigenvalue weighted by atomic mass is 16.5. The van der Waals surface area contributed by atoms with Crippen LogP contribution in [0, 0.1) is 27.7 Å². The van der Waals surface area contributed by atoms with Crippen LogP contribution in [0.15, 0.2) is 295 Å². The van der Waals surface area contributed by atoms with Crippen LogP contribution in [-0.4, -0.2) is 40.6 Å². The molecular formula is C102H102N6O2. The highest BCUT2D eigenvalue weighted by molar-refractivity contribution is 6.14. The minimum atomic E-state index is 0.643. The number of para-hydroxylation sites is 4. The largest absolute Gasteiger partial charge is 0.500 e. The Morgan fingerprint density at radius 1 is 0.264 bits per heavy atom. The van der Waals surface area contributed by atoms with Crippen molar-refractivity contribution in [3.8, 4) is 0 Å². The van der Waals surface area contributed by atoms with Crippen LogP contribution in [0.5, 0.6) is 0 Å². The maximum atomic E-state index is 5.30. The smallest absolute Gasteiger partial charge is 0.105 e. The van der Waals surface area contributed by atoms with E-state index in [2.05, 4.69) is 365 Å². The number of hydrogen-bond acceptors (Lipinski definition) is 2. The molecule has 6 heterocycles. The van der Waals surface area contributed by atoms with E-state index in [0.717, 1.165) is 32.4 Å². The Morgan fingerprint density at radius 2 is 0.527 bits per heavy atom. The van der Waals surface area contributed by atoms with Crippen LogP contribution in [0.3, 0.4) is 0 Å². The number of fused-ring (bicyclic) bond motifs is 18. The molecule has 0 unspecified atom stereocenters. The summed E-state index contributed by atoms with van der Waals surface area (Å²) in [6.07, 6.45) is 17.5. The molecule has 18 aromatic rings. The van der Waals surface area contributed by atoms with Crippen molar-refractivity contribution in [3.63, 3.8) is 0 Å². The summed E-state index contributed by atoms with van der Waals surface area (Å²) in [6, 6.07) is 87.4. The van der Waals surface area contributed by atoms with Crippen molar-refractivity contribution in [1.29, 1.82) is 0 Å². The Balaban J connectivity index is 0.000000116. The molecule has 0 spiro atoms. The zero-order valence-electron chi connectivity index (χ0n) is 65.4. The van der Waals surface area contributed by atoms with Gasteiger partial charge in [-0.15, -0.1) is 0 Å². The van der Waals surface area contributed by atoms with Crippen molar-refractivity contribution in [1.82, 2.24) is 27.4 Å². The Labute approximate surface area is 647 Å². The summed E-state index contributed by atoms with van der Waals surface area (Å²) in [4.78, 5) is 0. The van der Waals surface area contributed by atoms with Gasteiger partial charge in [0.05, 0.1) is 69.7 Å². The number of benzene rings is 12. The fourth-order valence-corrected chi connectivity index (χ4v) is 15.8. The third-order valence-corrected chi connectivity index (χ3v) is 21.3. The van der Waals surface area contributed by atoms with Gasteiger partial charge in [-0.2, -0.15) is 0 Å². The summed E-state index contributed by atoms with van der Waals surface area (Å²) in [7, 11) is 0. The lowest BCUT2D eigenvalue weighted by molar-refractivity contribution is 0.239. The first-order valence-electron chi connectivity index (χ1n) is 38.8. The number of ether oxygens (including phenoxy) is 2. The van der Waals surface area contributed by atoms with Crippen molar-refractivity contribution >= 4 is 156 Å². The maximum Gasteiger partial charge on any atom is 0.105 e. The van der Waals surface area contributed by atoms with Crippen molar-refractivity contribution in [3.05, 3.63) is 339 Å². The van der Waals surface area contributed by atoms with E-state index < -0.39 is 0 Å². The molecule has 0 bridgehead atoms. The minimum Gasteiger partial charge on any atom is -0.500 e. The quantitative estimate of drug-likeness (QED) is 0.0635. The number of aromatic nitrogens is 6. The van der Waals surface area contributed by atoms with E-state index in [9.17, 15) is 0 Å². The van der Waals surface area contributed by atoms with Gasteiger partial charge < -0.3 is 36.9 Å². The van der Waals surface area contributed by atoms with Gasteiger partial charge in [-0.1, -0.05) is 218 Å². The number of rotatable bonds is 18. The summed E-state index contributed by atoms with van der Waals surface area (Å²) in [5, 5.41) is 15.8. The van der Waals surface area contributed by atoms with Crippen LogP contribution in [0.1, 0.15) is 85.0 Å². The summed E-state index contributed by atoms with van der Waals surface area (Å²) in [6.45, 7) is 43.2. The predicted octanol–water partition coefficient (Wildman–Crippen LogP) is 27.8. The molecule has 0 aliphatic heterocycles. The summed E-state index contributed by atoms with van der Waals surface area (Å²) >= 11 is 0. The van der Waals surface area contributed by atoms with Gasteiger partial charge in [-0.05, 0) is 203 Å². The topological polar surface area (TPSA) is 48.0 Å². The lowest BCUT2D eigenvalue weighted by atomic mass is 10.0. The average molecular weight is 1440 g/mol. The van der Waals surface area contributed by atoms with Crippen molar-refractivity contribution in [2.75, 3.05) is 13.2 Å². The third-order valence-electron chi connectivity index (χ3n) is 21.3. The van der Waals surface area contributed by atoms with Gasteiger partial charge in [-0.25, -0.2) is 0 Å². The number of aryl methyl sites for hydroxylation is 8. The molecule has 110 heavy (non-hydrogen) atoms. The Hall–Kier alpha value is -12.5. The average Bonchev–Trinajstić information content (AvgIpc) is 1.81. The lowest BCUT2D eigenvalue weighted by Gasteiger charge is -2.07. The first-order valence-corrected chi connectivity index (χ1v) is 38.8. The van der Waals surface area contributed by atoms with Crippen LogP contribution in [0.2, 0.25) is 0 Å². The molecule has 0 radical (unpaired) electrons. The summed E-state index contributed by atoms with van der Waals surface area (Å²) in [5.41, 5.74) is 25.7. The lowest BCUT2D eigenvalue weighted by Crippen LogP contribution is -2.03. The monoisotopic (exact) mass is 1440 g/mol. The van der Waals surface area contributed by atoms with E-state index in [-0.39, 0.29) is 0 Å². The number of hydrogen-bond donors (Lipinski definition) is 0. The molecule has 0 fully saturated rings. The normalized spacial score (nSPS) is 11.1. The van der Waals surface area contributed by atoms with Gasteiger partial charge in [0.25, 0.3) is 0 Å². The van der Waals surface area contributed by atoms with E-state index in [1.54, 1.807) is 0 Å². The van der Waals surface area contributed by atoms with Crippen LogP contribution < -0.4 is 0 Å². The third kappa shape index (κ3) is 15.4. The molecule has 552 valence electrons. The SMILES string of the molecule is C=COCCn1c2ccc(C)cc2c2cc(C)ccc21.C=COCCn1c2ccccc2c2cc(C)ccc21.C=Cn1c2ccc(CC)cc2c2cc(CC)ccc21.C=Cn1c2ccccc2c2cc(CC)ccc21.C=Cn1c2ccccc2c2cc(CCCC)ccc21.C=Cn1c2ccccc2c2ccc(C)cc21. The van der Waals surface area contributed by atoms with Crippen LogP contribution in [0.4, 0.5) is 0 Å². The van der Waals surface area contributed by atoms with Crippen LogP contribution in [0.25, 0.3) is 156 Å². The van der Waals surface area contributed by atoms with E-state index in [1.165, 1.54) is 207 Å². The Bertz CT molecular complexity index is 6310. The van der Waals surface area contributed by atoms with Crippen molar-refractivity contribution in [2.45, 2.75) is 107 Å². The van der Waals surface area contributed by atoms with Crippen LogP contribution in [-0.2, 0) is 48.2 Å². The van der Waals surface area contributed by atoms with E-state index in [1.807, 2.05) is 24.8 Å². The second-order valence-corrected chi connectivity index (χ2v) is 28.3. The standard InChI is InChI=1S/C18H19NO.2C18H19N.C17H17NO.C16H15N.C15H13N/c1-4-20-10-9-19-17-7-5-13(2)11-15(17)16-12-14(3)6-8-18(16)19;1-4-13-7-9-17-15(11-13)16-12-14(5-2)8-10-18(16)19(17)6-3;1-3-5-8-14-11-12-18-16(13-14)15-9-6-7-10-17(15)19(18)4-2;1-3-19-11-10-18-16-7-5-4-6-14(16)15-12-13(2)8-9-17(15)18;1-3-12-9-10-16-14(11-12)13-7-5-6-8-15(13)17(16)4-2;1-3-16-14-7-5-4-6-12(14)13-9-8-11(2)10-15(13)16/h4-8,11-12H,1,9-10H2,2-3H3;6-12H,3-5H2,1-2H3;4,6-7,9-13H,2-3,5,8H2,1H3;3-9,12H,1,10-11H2,2H3;4-11H,2-3H2,1H3;3-10H,1H2,2H3. The van der Waals surface area contributed by atoms with Gasteiger partial charge in [0.15, 0.2) is 0 Å². The van der Waals surface area contributed by atoms with Gasteiger partial charge >= 0.3 is 0 Å². The molecule has 12 aromatic carbocycles. The number of nitrogens with zero attached hydrogens (tertiary/aromatic N) is 6. The molecule has 0 N–H and O–H groups in total. The van der Waals surface area contributed by atoms with E-state index in [4.69, 9.17) is 9.47 Å². The maximum absolute atomic E-state index is 5.30. The molecule has 0 saturated carbocycles. The predicted molar refractivity (Wildman–Crippen MR) is 480 cm³/mol. The molecule has 0 saturated heterocycles. The molecule has 0 atom stereocenters. The van der Waals surface area contributed by atoms with Gasteiger partial charge in [0, 0.05) is 112 Å². The van der Waals surface area contributed by atoms with Crippen LogP contribution >= 0.6 is 0 Å². The first kappa shape index (κ1) is 75.7. The molecule has 8 heteroatoms. The van der Waals surface area contributed by atoms with Gasteiger partial charge in [-0.3, -0.25) is 0 Å². The Morgan fingerprint density at radius 3 is 0.900 bits per heavy atom. The zero-order valence-corrected chi connectivity index (χ0v) is 65.4. The fraction of sp³-hybridized carbons (Fsp3) is 0.176.